The highest BCUT2D eigenvalue weighted by Gasteiger charge is 2.68. The van der Waals surface area contributed by atoms with Crippen LogP contribution >= 0.6 is 24.4 Å². The number of nitrogens with zero attached hydrogens (tertiary/aromatic N) is 2. The monoisotopic (exact) mass is 329 g/mol. The molecule has 6 nitrogen and oxygen atoms in total. The normalized spacial score (nSPS) is 25.6. The number of ether oxygens (including phenoxy) is 1. The van der Waals surface area contributed by atoms with E-state index >= 15 is 0 Å². The number of halogens is 3. The first-order valence-electron chi connectivity index (χ1n) is 5.21. The van der Waals surface area contributed by atoms with Gasteiger partial charge in [0, 0.05) is 6.21 Å². The molecule has 0 spiro atoms. The van der Waals surface area contributed by atoms with Crippen LogP contribution in [-0.2, 0) is 9.53 Å². The van der Waals surface area contributed by atoms with Gasteiger partial charge in [0.15, 0.2) is 10.9 Å². The SMILES string of the molecule is CCOC(=O)C1C=NN(C(=S)C(N)=S)C1(O)C(F)(F)F. The van der Waals surface area contributed by atoms with Crippen LogP contribution in [0.2, 0.25) is 0 Å². The molecule has 0 aromatic heterocycles. The van der Waals surface area contributed by atoms with Crippen LogP contribution < -0.4 is 5.73 Å². The molecule has 0 fully saturated rings. The predicted octanol–water partition coefficient (Wildman–Crippen LogP) is 0.332. The molecule has 1 rings (SSSR count). The lowest BCUT2D eigenvalue weighted by Gasteiger charge is -2.36. The number of alkyl halides is 3. The Morgan fingerprint density at radius 3 is 2.55 bits per heavy atom. The van der Waals surface area contributed by atoms with E-state index in [0.29, 0.717) is 6.21 Å². The smallest absolute Gasteiger partial charge is 0.439 e. The van der Waals surface area contributed by atoms with Crippen LogP contribution in [0.4, 0.5) is 13.2 Å². The van der Waals surface area contributed by atoms with E-state index in [2.05, 4.69) is 34.3 Å². The van der Waals surface area contributed by atoms with Crippen LogP contribution in [0.1, 0.15) is 6.92 Å². The minimum absolute atomic E-state index is 0.00620. The summed E-state index contributed by atoms with van der Waals surface area (Å²) in [5.41, 5.74) is 1.46. The molecule has 0 amide bonds. The fraction of sp³-hybridized carbons (Fsp3) is 0.556. The predicted molar refractivity (Wildman–Crippen MR) is 70.8 cm³/mol. The molecule has 0 aromatic rings. The summed E-state index contributed by atoms with van der Waals surface area (Å²) < 4.78 is 43.9. The molecular formula is C9H10F3N3O3S2. The summed E-state index contributed by atoms with van der Waals surface area (Å²) in [6, 6.07) is 0. The first-order chi connectivity index (χ1) is 9.07. The van der Waals surface area contributed by atoms with Gasteiger partial charge in [-0.2, -0.15) is 18.3 Å². The van der Waals surface area contributed by atoms with Crippen molar-refractivity contribution in [2.24, 2.45) is 16.8 Å². The fourth-order valence-corrected chi connectivity index (χ4v) is 1.80. The molecule has 2 unspecified atom stereocenters. The number of rotatable bonds is 2. The molecule has 1 aliphatic rings. The lowest BCUT2D eigenvalue weighted by molar-refractivity contribution is -0.307. The number of hydrogen-bond acceptors (Lipinski definition) is 6. The molecule has 1 aliphatic heterocycles. The van der Waals surface area contributed by atoms with E-state index in [9.17, 15) is 23.1 Å². The van der Waals surface area contributed by atoms with Gasteiger partial charge >= 0.3 is 12.1 Å². The van der Waals surface area contributed by atoms with Gasteiger partial charge < -0.3 is 15.6 Å². The van der Waals surface area contributed by atoms with Gasteiger partial charge in [-0.3, -0.25) is 4.79 Å². The standard InChI is InChI=1S/C9H10F3N3O3S2/c1-2-18-7(16)4-3-14-15(6(20)5(13)19)8(4,17)9(10,11)12/h3-4,17H,2H2,1H3,(H2,13,19). The average Bonchev–Trinajstić information content (AvgIpc) is 2.66. The molecule has 20 heavy (non-hydrogen) atoms. The van der Waals surface area contributed by atoms with Gasteiger partial charge in [0.1, 0.15) is 4.99 Å². The number of thiocarbonyl (C=S) groups is 2. The van der Waals surface area contributed by atoms with Crippen LogP contribution in [0.25, 0.3) is 0 Å². The molecule has 0 saturated carbocycles. The summed E-state index contributed by atoms with van der Waals surface area (Å²) in [4.78, 5) is 10.3. The zero-order valence-corrected chi connectivity index (χ0v) is 11.7. The third-order valence-corrected chi connectivity index (χ3v) is 3.16. The number of carbonyl (C=O) groups is 1. The highest BCUT2D eigenvalue weighted by atomic mass is 32.1. The largest absolute Gasteiger partial charge is 0.465 e. The number of aliphatic hydroxyl groups is 1. The van der Waals surface area contributed by atoms with Gasteiger partial charge in [-0.1, -0.05) is 24.4 Å². The maximum Gasteiger partial charge on any atom is 0.439 e. The minimum Gasteiger partial charge on any atom is -0.465 e. The second kappa shape index (κ2) is 5.58. The summed E-state index contributed by atoms with van der Waals surface area (Å²) in [6.45, 7) is 1.25. The highest BCUT2D eigenvalue weighted by Crippen LogP contribution is 2.42. The van der Waals surface area contributed by atoms with Crippen molar-refractivity contribution in [1.82, 2.24) is 5.01 Å². The minimum atomic E-state index is -5.24. The Bertz CT molecular complexity index is 483. The molecule has 0 radical (unpaired) electrons. The van der Waals surface area contributed by atoms with Crippen molar-refractivity contribution in [2.75, 3.05) is 6.61 Å². The van der Waals surface area contributed by atoms with Crippen molar-refractivity contribution in [3.8, 4) is 0 Å². The van der Waals surface area contributed by atoms with Crippen molar-refractivity contribution in [3.05, 3.63) is 0 Å². The van der Waals surface area contributed by atoms with Crippen LogP contribution in [-0.4, -0.2) is 50.8 Å². The summed E-state index contributed by atoms with van der Waals surface area (Å²) in [5, 5.41) is 13.2. The van der Waals surface area contributed by atoms with E-state index in [0.717, 1.165) is 0 Å². The summed E-state index contributed by atoms with van der Waals surface area (Å²) in [5.74, 6) is -3.38. The molecule has 0 aliphatic carbocycles. The maximum absolute atomic E-state index is 13.1. The Morgan fingerprint density at radius 2 is 2.15 bits per heavy atom. The van der Waals surface area contributed by atoms with E-state index in [1.807, 2.05) is 0 Å². The van der Waals surface area contributed by atoms with Gasteiger partial charge in [-0.25, -0.2) is 5.01 Å². The number of esters is 1. The Labute approximate surface area is 122 Å². The molecule has 2 atom stereocenters. The number of hydrazone groups is 1. The molecule has 0 saturated heterocycles. The number of nitrogens with two attached hydrogens (primary N) is 1. The zero-order valence-electron chi connectivity index (χ0n) is 10.0. The van der Waals surface area contributed by atoms with Gasteiger partial charge in [0.05, 0.1) is 6.61 Å². The molecule has 3 N–H and O–H groups in total. The quantitative estimate of drug-likeness (QED) is 0.557. The van der Waals surface area contributed by atoms with Crippen molar-refractivity contribution in [2.45, 2.75) is 18.8 Å². The molecular weight excluding hydrogens is 319 g/mol. The molecule has 112 valence electrons. The van der Waals surface area contributed by atoms with Crippen LogP contribution in [0.15, 0.2) is 5.10 Å². The maximum atomic E-state index is 13.1. The van der Waals surface area contributed by atoms with Crippen molar-refractivity contribution in [1.29, 1.82) is 0 Å². The molecule has 0 aromatic carbocycles. The van der Waals surface area contributed by atoms with Gasteiger partial charge in [-0.15, -0.1) is 0 Å². The van der Waals surface area contributed by atoms with Gasteiger partial charge in [-0.05, 0) is 6.92 Å². The lowest BCUT2D eigenvalue weighted by Crippen LogP contribution is -2.63. The molecule has 0 bridgehead atoms. The Morgan fingerprint density at radius 1 is 1.60 bits per heavy atom. The third-order valence-electron chi connectivity index (χ3n) is 2.45. The van der Waals surface area contributed by atoms with Gasteiger partial charge in [0.25, 0.3) is 5.72 Å². The first-order valence-corrected chi connectivity index (χ1v) is 6.02. The van der Waals surface area contributed by atoms with E-state index in [4.69, 9.17) is 5.73 Å². The van der Waals surface area contributed by atoms with Crippen LogP contribution in [0.3, 0.4) is 0 Å². The van der Waals surface area contributed by atoms with Crippen molar-refractivity contribution in [3.63, 3.8) is 0 Å². The third kappa shape index (κ3) is 2.60. The zero-order chi connectivity index (χ0) is 15.7. The molecule has 11 heteroatoms. The second-order valence-corrected chi connectivity index (χ2v) is 4.53. The molecule has 1 heterocycles. The number of carbonyl (C=O) groups excluding carboxylic acids is 1. The fourth-order valence-electron chi connectivity index (χ4n) is 1.52. The van der Waals surface area contributed by atoms with Crippen molar-refractivity contribution < 1.29 is 27.8 Å². The summed E-state index contributed by atoms with van der Waals surface area (Å²) in [7, 11) is 0. The van der Waals surface area contributed by atoms with Crippen LogP contribution in [0.5, 0.6) is 0 Å². The van der Waals surface area contributed by atoms with E-state index in [-0.39, 0.29) is 11.6 Å². The Kier molecular flexibility index (Phi) is 4.66. The summed E-state index contributed by atoms with van der Waals surface area (Å²) >= 11 is 9.06. The lowest BCUT2D eigenvalue weighted by atomic mass is 9.96. The topological polar surface area (TPSA) is 88.2 Å². The van der Waals surface area contributed by atoms with Gasteiger partial charge in [0.2, 0.25) is 0 Å². The Balaban J connectivity index is 3.26. The Hall–Kier alpha value is -1.33. The number of hydrogen-bond donors (Lipinski definition) is 2. The second-order valence-electron chi connectivity index (χ2n) is 3.70. The highest BCUT2D eigenvalue weighted by molar-refractivity contribution is 7.89. The van der Waals surface area contributed by atoms with E-state index < -0.39 is 33.8 Å². The van der Waals surface area contributed by atoms with E-state index in [1.54, 1.807) is 0 Å². The summed E-state index contributed by atoms with van der Waals surface area (Å²) in [6.07, 6.45) is -4.65. The first kappa shape index (κ1) is 16.7. The van der Waals surface area contributed by atoms with E-state index in [1.165, 1.54) is 6.92 Å². The average molecular weight is 329 g/mol. The van der Waals surface area contributed by atoms with Crippen molar-refractivity contribution >= 4 is 46.6 Å². The van der Waals surface area contributed by atoms with Crippen LogP contribution in [0, 0.1) is 5.92 Å².